The number of cyclic esters (lactones) is 1. The summed E-state index contributed by atoms with van der Waals surface area (Å²) in [4.78, 5) is 31.6. The Balaban J connectivity index is 1.88. The third-order valence-electron chi connectivity index (χ3n) is 9.00. The van der Waals surface area contributed by atoms with Gasteiger partial charge >= 0.3 is 5.97 Å². The molecular formula is C29H46N2O4S2. The van der Waals surface area contributed by atoms with Crippen LogP contribution in [-0.2, 0) is 19.1 Å². The van der Waals surface area contributed by atoms with Gasteiger partial charge in [0.1, 0.15) is 16.2 Å². The topological polar surface area (TPSA) is 87.4 Å². The Kier molecular flexibility index (Phi) is 10.1. The molecule has 0 spiro atoms. The van der Waals surface area contributed by atoms with Gasteiger partial charge in [0.25, 0.3) is 0 Å². The number of Topliss-reactive ketones (excluding diaryl/α,β-unsaturated/α-hetero) is 1. The van der Waals surface area contributed by atoms with Gasteiger partial charge in [0, 0.05) is 36.4 Å². The fourth-order valence-electron chi connectivity index (χ4n) is 5.74. The van der Waals surface area contributed by atoms with Crippen LogP contribution in [0, 0.1) is 23.2 Å². The standard InChI is InChI=1S/C29H46N2O4S2/c1-17-11-10-12-29(7)23(31-29)14-22(18(2)13-21-16-37-27(30-21)36-9)35-25(32)15-24(34-8)28(5,6)26(33)20(4)19(17)3/h13,16-17,19-20,22-24,31H,10-12,14-15H2,1-9H3/b18-13+/t17-,19-,20+,22-,23-,24-,29+/m0/s1. The molecule has 6 nitrogen and oxygen atoms in total. The molecular weight excluding hydrogens is 504 g/mol. The summed E-state index contributed by atoms with van der Waals surface area (Å²) in [5.74, 6) is 0.398. The average Bonchev–Trinajstić information content (AvgIpc) is 3.25. The van der Waals surface area contributed by atoms with E-state index in [4.69, 9.17) is 9.47 Å². The lowest BCUT2D eigenvalue weighted by Crippen LogP contribution is -2.45. The molecule has 0 bridgehead atoms. The van der Waals surface area contributed by atoms with E-state index in [1.807, 2.05) is 45.4 Å². The van der Waals surface area contributed by atoms with Crippen molar-refractivity contribution in [2.45, 2.75) is 109 Å². The van der Waals surface area contributed by atoms with Crippen LogP contribution >= 0.6 is 23.1 Å². The third kappa shape index (κ3) is 7.25. The monoisotopic (exact) mass is 550 g/mol. The second-order valence-electron chi connectivity index (χ2n) is 12.0. The number of thioether (sulfide) groups is 1. The number of nitrogens with one attached hydrogen (secondary N) is 1. The summed E-state index contributed by atoms with van der Waals surface area (Å²) in [6.07, 6.45) is 7.14. The van der Waals surface area contributed by atoms with Crippen molar-refractivity contribution >= 4 is 40.9 Å². The number of rotatable bonds is 4. The summed E-state index contributed by atoms with van der Waals surface area (Å²) in [5.41, 5.74) is 1.11. The number of ketones is 1. The van der Waals surface area contributed by atoms with Crippen LogP contribution in [0.3, 0.4) is 0 Å². The van der Waals surface area contributed by atoms with E-state index in [0.717, 1.165) is 34.9 Å². The summed E-state index contributed by atoms with van der Waals surface area (Å²) in [5, 5.41) is 5.71. The number of aromatic nitrogens is 1. The first-order valence-electron chi connectivity index (χ1n) is 13.5. The van der Waals surface area contributed by atoms with Crippen molar-refractivity contribution in [3.63, 3.8) is 0 Å². The Morgan fingerprint density at radius 3 is 2.59 bits per heavy atom. The molecule has 2 fully saturated rings. The minimum atomic E-state index is -0.802. The number of methoxy groups -OCH3 is 1. The van der Waals surface area contributed by atoms with E-state index < -0.39 is 11.5 Å². The zero-order chi connectivity index (χ0) is 27.5. The van der Waals surface area contributed by atoms with E-state index in [1.54, 1.807) is 30.2 Å². The Morgan fingerprint density at radius 1 is 1.27 bits per heavy atom. The van der Waals surface area contributed by atoms with Crippen molar-refractivity contribution in [3.05, 3.63) is 16.6 Å². The highest BCUT2D eigenvalue weighted by Crippen LogP contribution is 2.40. The molecule has 0 aliphatic carbocycles. The van der Waals surface area contributed by atoms with E-state index in [0.29, 0.717) is 18.4 Å². The molecule has 2 saturated heterocycles. The fraction of sp³-hybridized carbons (Fsp3) is 0.759. The number of carbonyl (C=O) groups is 2. The van der Waals surface area contributed by atoms with Gasteiger partial charge in [-0.25, -0.2) is 4.98 Å². The maximum absolute atomic E-state index is 13.6. The summed E-state index contributed by atoms with van der Waals surface area (Å²) in [6, 6.07) is 0.293. The second kappa shape index (κ2) is 12.3. The lowest BCUT2D eigenvalue weighted by Gasteiger charge is -2.36. The molecule has 3 rings (SSSR count). The first kappa shape index (κ1) is 30.3. The van der Waals surface area contributed by atoms with E-state index in [1.165, 1.54) is 0 Å². The van der Waals surface area contributed by atoms with Crippen molar-refractivity contribution in [2.75, 3.05) is 13.4 Å². The van der Waals surface area contributed by atoms with Gasteiger partial charge in [-0.2, -0.15) is 0 Å². The second-order valence-corrected chi connectivity index (χ2v) is 13.9. The van der Waals surface area contributed by atoms with E-state index in [-0.39, 0.29) is 41.7 Å². The van der Waals surface area contributed by atoms with Crippen molar-refractivity contribution in [2.24, 2.45) is 23.2 Å². The quantitative estimate of drug-likeness (QED) is 0.264. The lowest BCUT2D eigenvalue weighted by molar-refractivity contribution is -0.155. The molecule has 208 valence electrons. The van der Waals surface area contributed by atoms with Gasteiger partial charge in [-0.15, -0.1) is 11.3 Å². The van der Waals surface area contributed by atoms with Gasteiger partial charge in [0.2, 0.25) is 0 Å². The number of esters is 1. The molecule has 3 heterocycles. The number of fused-ring (bicyclic) bond motifs is 1. The van der Waals surface area contributed by atoms with E-state index in [2.05, 4.69) is 31.1 Å². The highest BCUT2D eigenvalue weighted by atomic mass is 32.2. The normalized spacial score (nSPS) is 36.1. The number of nitrogens with zero attached hydrogens (tertiary/aromatic N) is 1. The summed E-state index contributed by atoms with van der Waals surface area (Å²) in [7, 11) is 1.58. The molecule has 2 aliphatic rings. The molecule has 1 N–H and O–H groups in total. The Hall–Kier alpha value is -1.22. The number of ether oxygens (including phenoxy) is 2. The van der Waals surface area contributed by atoms with Crippen LogP contribution in [0.15, 0.2) is 15.3 Å². The molecule has 1 aromatic rings. The zero-order valence-corrected chi connectivity index (χ0v) is 25.7. The van der Waals surface area contributed by atoms with Crippen molar-refractivity contribution in [1.82, 2.24) is 10.3 Å². The van der Waals surface area contributed by atoms with Crippen LogP contribution < -0.4 is 5.32 Å². The number of carbonyl (C=O) groups excluding carboxylic acids is 2. The van der Waals surface area contributed by atoms with Crippen LogP contribution in [0.2, 0.25) is 0 Å². The zero-order valence-electron chi connectivity index (χ0n) is 24.1. The van der Waals surface area contributed by atoms with Gasteiger partial charge in [-0.3, -0.25) is 9.59 Å². The minimum Gasteiger partial charge on any atom is -0.458 e. The fourth-order valence-corrected chi connectivity index (χ4v) is 6.97. The first-order chi connectivity index (χ1) is 17.3. The molecule has 0 aromatic carbocycles. The van der Waals surface area contributed by atoms with Gasteiger partial charge in [-0.05, 0) is 50.0 Å². The smallest absolute Gasteiger partial charge is 0.309 e. The lowest BCUT2D eigenvalue weighted by atomic mass is 9.70. The molecule has 0 radical (unpaired) electrons. The molecule has 0 unspecified atom stereocenters. The highest BCUT2D eigenvalue weighted by Gasteiger charge is 2.50. The maximum atomic E-state index is 13.6. The van der Waals surface area contributed by atoms with Crippen LogP contribution in [0.4, 0.5) is 0 Å². The number of hydrogen-bond donors (Lipinski definition) is 1. The van der Waals surface area contributed by atoms with Crippen LogP contribution in [0.1, 0.15) is 86.3 Å². The van der Waals surface area contributed by atoms with Crippen LogP contribution in [-0.4, -0.2) is 53.9 Å². The highest BCUT2D eigenvalue weighted by molar-refractivity contribution is 8.00. The molecule has 8 heteroatoms. The predicted octanol–water partition coefficient (Wildman–Crippen LogP) is 6.39. The van der Waals surface area contributed by atoms with E-state index in [9.17, 15) is 9.59 Å². The molecule has 7 atom stereocenters. The number of hydrogen-bond acceptors (Lipinski definition) is 8. The molecule has 37 heavy (non-hydrogen) atoms. The average molecular weight is 551 g/mol. The van der Waals surface area contributed by atoms with Gasteiger partial charge in [0.15, 0.2) is 0 Å². The summed E-state index contributed by atoms with van der Waals surface area (Å²) < 4.78 is 12.9. The van der Waals surface area contributed by atoms with Gasteiger partial charge in [0.05, 0.1) is 23.6 Å². The Labute approximate surface area is 231 Å². The largest absolute Gasteiger partial charge is 0.458 e. The van der Waals surface area contributed by atoms with Crippen molar-refractivity contribution in [3.8, 4) is 0 Å². The van der Waals surface area contributed by atoms with Gasteiger partial charge < -0.3 is 14.8 Å². The van der Waals surface area contributed by atoms with Crippen molar-refractivity contribution < 1.29 is 19.1 Å². The molecule has 1 aromatic heterocycles. The predicted molar refractivity (Wildman–Crippen MR) is 153 cm³/mol. The van der Waals surface area contributed by atoms with Crippen LogP contribution in [0.5, 0.6) is 0 Å². The molecule has 0 saturated carbocycles. The SMILES string of the molecule is CO[C@H]1CC(=O)O[C@H](/C(C)=C/c2csc(SC)n2)C[C@@H]2N[C@]2(C)CCC[C@H](C)[C@H](C)[C@@H](C)C(=O)C1(C)C. The van der Waals surface area contributed by atoms with Crippen molar-refractivity contribution in [1.29, 1.82) is 0 Å². The van der Waals surface area contributed by atoms with Gasteiger partial charge in [-0.1, -0.05) is 59.2 Å². The summed E-state index contributed by atoms with van der Waals surface area (Å²) >= 11 is 3.24. The molecule has 2 aliphatic heterocycles. The van der Waals surface area contributed by atoms with Crippen LogP contribution in [0.25, 0.3) is 6.08 Å². The molecule has 0 amide bonds. The minimum absolute atomic E-state index is 0.0400. The summed E-state index contributed by atoms with van der Waals surface area (Å²) in [6.45, 7) is 14.6. The third-order valence-corrected chi connectivity index (χ3v) is 10.9. The first-order valence-corrected chi connectivity index (χ1v) is 15.6. The Bertz CT molecular complexity index is 990. The Morgan fingerprint density at radius 2 is 1.97 bits per heavy atom. The maximum Gasteiger partial charge on any atom is 0.309 e. The van der Waals surface area contributed by atoms with E-state index >= 15 is 0 Å². The number of thiazole rings is 1.